The molecule has 0 saturated carbocycles. The lowest BCUT2D eigenvalue weighted by Crippen LogP contribution is -2.54. The lowest BCUT2D eigenvalue weighted by atomic mass is 9.77. The van der Waals surface area contributed by atoms with Crippen LogP contribution in [0, 0.1) is 6.92 Å². The summed E-state index contributed by atoms with van der Waals surface area (Å²) in [4.78, 5) is 3.51. The molecule has 1 aromatic heterocycles. The number of aromatic amines is 1. The van der Waals surface area contributed by atoms with E-state index in [2.05, 4.69) is 55.3 Å². The molecule has 102 valence electrons. The summed E-state index contributed by atoms with van der Waals surface area (Å²) in [6, 6.07) is 9.06. The van der Waals surface area contributed by atoms with Crippen LogP contribution in [0.25, 0.3) is 10.9 Å². The fraction of sp³-hybridized carbons (Fsp3) is 0.500. The summed E-state index contributed by atoms with van der Waals surface area (Å²) >= 11 is 0. The van der Waals surface area contributed by atoms with Crippen LogP contribution in [0.15, 0.2) is 24.3 Å². The first-order valence-electron chi connectivity index (χ1n) is 7.01. The molecule has 19 heavy (non-hydrogen) atoms. The van der Waals surface area contributed by atoms with E-state index in [0.717, 1.165) is 19.8 Å². The van der Waals surface area contributed by atoms with E-state index >= 15 is 0 Å². The van der Waals surface area contributed by atoms with Gasteiger partial charge in [-0.2, -0.15) is 0 Å². The second-order valence-electron chi connectivity index (χ2n) is 5.98. The maximum absolute atomic E-state index is 5.54. The van der Waals surface area contributed by atoms with E-state index in [1.807, 2.05) is 0 Å². The molecule has 3 nitrogen and oxygen atoms in total. The van der Waals surface area contributed by atoms with Gasteiger partial charge in [-0.15, -0.1) is 0 Å². The molecular formula is C16H22N2O. The molecule has 3 heteroatoms. The first-order valence-corrected chi connectivity index (χ1v) is 7.01. The molecular weight excluding hydrogens is 236 g/mol. The Bertz CT molecular complexity index is 581. The average molecular weight is 258 g/mol. The Labute approximate surface area is 114 Å². The number of aryl methyl sites for hydroxylation is 1. The summed E-state index contributed by atoms with van der Waals surface area (Å²) < 4.78 is 5.54. The largest absolute Gasteiger partial charge is 0.379 e. The molecule has 1 aromatic carbocycles. The molecule has 0 bridgehead atoms. The van der Waals surface area contributed by atoms with E-state index in [0.29, 0.717) is 6.04 Å². The third-order valence-corrected chi connectivity index (χ3v) is 4.03. The van der Waals surface area contributed by atoms with Crippen LogP contribution in [-0.2, 0) is 10.2 Å². The Balaban J connectivity index is 2.03. The van der Waals surface area contributed by atoms with Crippen molar-refractivity contribution in [2.45, 2.75) is 32.2 Å². The molecule has 0 spiro atoms. The molecule has 1 aliphatic heterocycles. The number of rotatable bonds is 4. The van der Waals surface area contributed by atoms with Gasteiger partial charge in [-0.1, -0.05) is 32.0 Å². The summed E-state index contributed by atoms with van der Waals surface area (Å²) in [5, 5.41) is 4.92. The van der Waals surface area contributed by atoms with Gasteiger partial charge in [0.25, 0.3) is 0 Å². The van der Waals surface area contributed by atoms with Gasteiger partial charge in [0.05, 0.1) is 18.6 Å². The van der Waals surface area contributed by atoms with E-state index in [-0.39, 0.29) is 5.41 Å². The number of para-hydroxylation sites is 1. The lowest BCUT2D eigenvalue weighted by molar-refractivity contribution is -0.0592. The fourth-order valence-electron chi connectivity index (χ4n) is 3.04. The summed E-state index contributed by atoms with van der Waals surface area (Å²) in [6.07, 6.45) is 0. The van der Waals surface area contributed by atoms with Crippen molar-refractivity contribution in [1.29, 1.82) is 0 Å². The number of fused-ring (bicyclic) bond motifs is 1. The molecule has 0 radical (unpaired) electrons. The van der Waals surface area contributed by atoms with E-state index in [1.54, 1.807) is 0 Å². The normalized spacial score (nSPS) is 17.9. The van der Waals surface area contributed by atoms with Gasteiger partial charge >= 0.3 is 0 Å². The molecule has 0 aliphatic carbocycles. The van der Waals surface area contributed by atoms with Crippen LogP contribution in [0.1, 0.15) is 25.1 Å². The van der Waals surface area contributed by atoms with Crippen molar-refractivity contribution in [2.75, 3.05) is 19.8 Å². The maximum Gasteiger partial charge on any atom is 0.0598 e. The van der Waals surface area contributed by atoms with Crippen molar-refractivity contribution in [3.05, 3.63) is 35.5 Å². The second kappa shape index (κ2) is 4.66. The third kappa shape index (κ3) is 2.07. The predicted molar refractivity (Wildman–Crippen MR) is 78.7 cm³/mol. The Hall–Kier alpha value is -1.32. The van der Waals surface area contributed by atoms with Crippen LogP contribution in [0.4, 0.5) is 0 Å². The maximum atomic E-state index is 5.54. The standard InChI is InChI=1S/C16H22N2O/c1-11(2)17-8-16(9-19-10-16)15-12(3)18-14-7-5-4-6-13(14)15/h4-7,11,17-18H,8-10H2,1-3H3. The van der Waals surface area contributed by atoms with Crippen molar-refractivity contribution >= 4 is 10.9 Å². The van der Waals surface area contributed by atoms with Gasteiger partial charge in [0, 0.05) is 29.2 Å². The fourth-order valence-corrected chi connectivity index (χ4v) is 3.04. The molecule has 0 amide bonds. The van der Waals surface area contributed by atoms with Crippen molar-refractivity contribution in [2.24, 2.45) is 0 Å². The van der Waals surface area contributed by atoms with E-state index in [4.69, 9.17) is 4.74 Å². The van der Waals surface area contributed by atoms with Gasteiger partial charge in [-0.3, -0.25) is 0 Å². The van der Waals surface area contributed by atoms with Crippen LogP contribution in [0.2, 0.25) is 0 Å². The number of hydrogen-bond donors (Lipinski definition) is 2. The zero-order valence-electron chi connectivity index (χ0n) is 11.9. The average Bonchev–Trinajstić information content (AvgIpc) is 2.65. The Morgan fingerprint density at radius 1 is 1.32 bits per heavy atom. The summed E-state index contributed by atoms with van der Waals surface area (Å²) in [5.41, 5.74) is 4.07. The summed E-state index contributed by atoms with van der Waals surface area (Å²) in [5.74, 6) is 0. The van der Waals surface area contributed by atoms with Gasteiger partial charge in [-0.25, -0.2) is 0 Å². The van der Waals surface area contributed by atoms with Gasteiger partial charge in [0.2, 0.25) is 0 Å². The highest BCUT2D eigenvalue weighted by molar-refractivity contribution is 5.86. The van der Waals surface area contributed by atoms with Crippen molar-refractivity contribution < 1.29 is 4.74 Å². The molecule has 0 atom stereocenters. The monoisotopic (exact) mass is 258 g/mol. The van der Waals surface area contributed by atoms with E-state index in [1.165, 1.54) is 22.2 Å². The van der Waals surface area contributed by atoms with Gasteiger partial charge in [-0.05, 0) is 18.6 Å². The number of nitrogens with one attached hydrogen (secondary N) is 2. The Morgan fingerprint density at radius 3 is 2.68 bits per heavy atom. The molecule has 1 aliphatic rings. The number of hydrogen-bond acceptors (Lipinski definition) is 2. The SMILES string of the molecule is Cc1[nH]c2ccccc2c1C1(CNC(C)C)COC1. The molecule has 0 unspecified atom stereocenters. The van der Waals surface area contributed by atoms with Crippen LogP contribution in [0.5, 0.6) is 0 Å². The third-order valence-electron chi connectivity index (χ3n) is 4.03. The topological polar surface area (TPSA) is 37.0 Å². The highest BCUT2D eigenvalue weighted by atomic mass is 16.5. The molecule has 2 heterocycles. The van der Waals surface area contributed by atoms with Crippen molar-refractivity contribution in [3.8, 4) is 0 Å². The van der Waals surface area contributed by atoms with E-state index < -0.39 is 0 Å². The quantitative estimate of drug-likeness (QED) is 0.885. The smallest absolute Gasteiger partial charge is 0.0598 e. The first-order chi connectivity index (χ1) is 9.12. The number of H-pyrrole nitrogens is 1. The minimum atomic E-state index is 0.133. The molecule has 1 fully saturated rings. The lowest BCUT2D eigenvalue weighted by Gasteiger charge is -2.43. The summed E-state index contributed by atoms with van der Waals surface area (Å²) in [7, 11) is 0. The Morgan fingerprint density at radius 2 is 2.05 bits per heavy atom. The first kappa shape index (κ1) is 12.7. The van der Waals surface area contributed by atoms with Gasteiger partial charge in [0.1, 0.15) is 0 Å². The highest BCUT2D eigenvalue weighted by Gasteiger charge is 2.42. The van der Waals surface area contributed by atoms with Crippen molar-refractivity contribution in [1.82, 2.24) is 10.3 Å². The second-order valence-corrected chi connectivity index (χ2v) is 5.98. The van der Waals surface area contributed by atoms with Crippen LogP contribution >= 0.6 is 0 Å². The van der Waals surface area contributed by atoms with Crippen molar-refractivity contribution in [3.63, 3.8) is 0 Å². The highest BCUT2D eigenvalue weighted by Crippen LogP contribution is 2.38. The number of ether oxygens (including phenoxy) is 1. The minimum Gasteiger partial charge on any atom is -0.379 e. The molecule has 3 rings (SSSR count). The molecule has 1 saturated heterocycles. The van der Waals surface area contributed by atoms with E-state index in [9.17, 15) is 0 Å². The van der Waals surface area contributed by atoms with Gasteiger partial charge < -0.3 is 15.0 Å². The minimum absolute atomic E-state index is 0.133. The van der Waals surface area contributed by atoms with Gasteiger partial charge in [0.15, 0.2) is 0 Å². The van der Waals surface area contributed by atoms with Crippen LogP contribution in [0.3, 0.4) is 0 Å². The summed E-state index contributed by atoms with van der Waals surface area (Å²) in [6.45, 7) is 9.16. The molecule has 2 N–H and O–H groups in total. The zero-order chi connectivity index (χ0) is 13.5. The van der Waals surface area contributed by atoms with Crippen LogP contribution in [-0.4, -0.2) is 30.8 Å². The Kier molecular flexibility index (Phi) is 3.11. The number of benzene rings is 1. The molecule has 2 aromatic rings. The zero-order valence-corrected chi connectivity index (χ0v) is 11.9. The predicted octanol–water partition coefficient (Wildman–Crippen LogP) is 2.74. The van der Waals surface area contributed by atoms with Crippen LogP contribution < -0.4 is 5.32 Å². The number of aromatic nitrogens is 1.